The third-order valence-electron chi connectivity index (χ3n) is 5.11. The van der Waals surface area contributed by atoms with Gasteiger partial charge in [-0.1, -0.05) is 0 Å². The summed E-state index contributed by atoms with van der Waals surface area (Å²) < 4.78 is 2.33. The normalized spacial score (nSPS) is 33.4. The van der Waals surface area contributed by atoms with Crippen LogP contribution in [0.15, 0.2) is 0 Å². The highest BCUT2D eigenvalue weighted by molar-refractivity contribution is 5.00. The lowest BCUT2D eigenvalue weighted by atomic mass is 9.84. The Morgan fingerprint density at radius 3 is 2.79 bits per heavy atom. The van der Waals surface area contributed by atoms with Gasteiger partial charge in [0.15, 0.2) is 0 Å². The van der Waals surface area contributed by atoms with Crippen LogP contribution >= 0.6 is 0 Å². The van der Waals surface area contributed by atoms with E-state index < -0.39 is 0 Å². The highest BCUT2D eigenvalue weighted by Crippen LogP contribution is 2.27. The van der Waals surface area contributed by atoms with Crippen molar-refractivity contribution < 1.29 is 0 Å². The molecule has 0 aliphatic carbocycles. The zero-order chi connectivity index (χ0) is 12.7. The third-order valence-corrected chi connectivity index (χ3v) is 5.11. The fraction of sp³-hybridized carbons (Fsp3) is 0.857. The third kappa shape index (κ3) is 2.19. The number of piperidine rings is 3. The zero-order valence-corrected chi connectivity index (χ0v) is 11.5. The Kier molecular flexibility index (Phi) is 3.04. The van der Waals surface area contributed by atoms with Crippen LogP contribution in [0.5, 0.6) is 0 Å². The molecule has 5 heterocycles. The van der Waals surface area contributed by atoms with Crippen LogP contribution < -0.4 is 5.32 Å². The summed E-state index contributed by atoms with van der Waals surface area (Å²) in [6.07, 6.45) is 6.39. The van der Waals surface area contributed by atoms with Gasteiger partial charge in [-0.05, 0) is 44.7 Å². The summed E-state index contributed by atoms with van der Waals surface area (Å²) in [5.41, 5.74) is 0. The second-order valence-electron chi connectivity index (χ2n) is 6.27. The number of aryl methyl sites for hydroxylation is 1. The molecule has 4 aliphatic rings. The van der Waals surface area contributed by atoms with Gasteiger partial charge in [-0.25, -0.2) is 0 Å². The fourth-order valence-electron chi connectivity index (χ4n) is 3.92. The summed E-state index contributed by atoms with van der Waals surface area (Å²) >= 11 is 0. The van der Waals surface area contributed by atoms with E-state index in [4.69, 9.17) is 0 Å². The van der Waals surface area contributed by atoms with Crippen molar-refractivity contribution in [1.82, 2.24) is 25.0 Å². The molecule has 1 N–H and O–H groups in total. The molecule has 1 aromatic rings. The van der Waals surface area contributed by atoms with Crippen LogP contribution in [0.3, 0.4) is 0 Å². The lowest BCUT2D eigenvalue weighted by molar-refractivity contribution is 0.0715. The van der Waals surface area contributed by atoms with Crippen molar-refractivity contribution >= 4 is 0 Å². The number of hydrogen-bond donors (Lipinski definition) is 1. The summed E-state index contributed by atoms with van der Waals surface area (Å²) in [5.74, 6) is 3.22. The van der Waals surface area contributed by atoms with Crippen molar-refractivity contribution in [2.24, 2.45) is 5.92 Å². The summed E-state index contributed by atoms with van der Waals surface area (Å²) in [5, 5.41) is 12.5. The Morgan fingerprint density at radius 1 is 1.11 bits per heavy atom. The number of rotatable bonds is 3. The van der Waals surface area contributed by atoms with Gasteiger partial charge in [0, 0.05) is 25.6 Å². The van der Waals surface area contributed by atoms with E-state index in [-0.39, 0.29) is 0 Å². The highest BCUT2D eigenvalue weighted by atomic mass is 15.3. The van der Waals surface area contributed by atoms with Gasteiger partial charge in [0.1, 0.15) is 11.6 Å². The van der Waals surface area contributed by atoms with Gasteiger partial charge in [-0.2, -0.15) is 0 Å². The molecule has 1 aromatic heterocycles. The number of fused-ring (bicyclic) bond motifs is 4. The van der Waals surface area contributed by atoms with Crippen molar-refractivity contribution in [3.8, 4) is 0 Å². The molecule has 5 rings (SSSR count). The average Bonchev–Trinajstić information content (AvgIpc) is 2.90. The number of hydrogen-bond acceptors (Lipinski definition) is 4. The van der Waals surface area contributed by atoms with Crippen LogP contribution in [0.4, 0.5) is 0 Å². The first-order chi connectivity index (χ1) is 9.40. The highest BCUT2D eigenvalue weighted by Gasteiger charge is 2.33. The van der Waals surface area contributed by atoms with Crippen LogP contribution in [0.1, 0.15) is 37.3 Å². The second kappa shape index (κ2) is 4.87. The molecule has 0 radical (unpaired) electrons. The number of aromatic nitrogens is 3. The van der Waals surface area contributed by atoms with Crippen LogP contribution in [0, 0.1) is 5.92 Å². The molecule has 3 fully saturated rings. The molecular formula is C14H23N5. The molecular weight excluding hydrogens is 238 g/mol. The molecule has 4 aliphatic heterocycles. The monoisotopic (exact) mass is 261 g/mol. The quantitative estimate of drug-likeness (QED) is 0.874. The van der Waals surface area contributed by atoms with Gasteiger partial charge < -0.3 is 14.8 Å². The lowest BCUT2D eigenvalue weighted by Gasteiger charge is -2.45. The predicted octanol–water partition coefficient (Wildman–Crippen LogP) is 0.798. The molecule has 19 heavy (non-hydrogen) atoms. The first-order valence-electron chi connectivity index (χ1n) is 7.77. The first-order valence-corrected chi connectivity index (χ1v) is 7.77. The molecule has 104 valence electrons. The Labute approximate surface area is 114 Å². The minimum atomic E-state index is 0.666. The summed E-state index contributed by atoms with van der Waals surface area (Å²) in [6, 6.07) is 0.666. The van der Waals surface area contributed by atoms with E-state index in [2.05, 4.69) is 25.0 Å². The zero-order valence-electron chi connectivity index (χ0n) is 11.5. The standard InChI is InChI=1S/C14H23N5/c1-2-6-19-13(3-1)16-17-14(19)9-15-12-10-18-7-4-11(12)5-8-18/h11-12,15H,1-10H2. The molecule has 0 amide bonds. The first kappa shape index (κ1) is 11.9. The lowest BCUT2D eigenvalue weighted by Crippen LogP contribution is -2.55. The van der Waals surface area contributed by atoms with Crippen LogP contribution in [0.2, 0.25) is 0 Å². The van der Waals surface area contributed by atoms with Crippen molar-refractivity contribution in [2.75, 3.05) is 19.6 Å². The molecule has 1 atom stereocenters. The second-order valence-corrected chi connectivity index (χ2v) is 6.27. The van der Waals surface area contributed by atoms with E-state index >= 15 is 0 Å². The Balaban J connectivity index is 1.41. The molecule has 3 saturated heterocycles. The maximum atomic E-state index is 4.38. The topological polar surface area (TPSA) is 46.0 Å². The minimum Gasteiger partial charge on any atom is -0.314 e. The molecule has 2 bridgehead atoms. The largest absolute Gasteiger partial charge is 0.314 e. The SMILES string of the molecule is C1CCn2c(nnc2CNC2CN3CCC2CC3)C1. The number of nitrogens with one attached hydrogen (secondary N) is 1. The van der Waals surface area contributed by atoms with Crippen molar-refractivity contribution in [1.29, 1.82) is 0 Å². The van der Waals surface area contributed by atoms with E-state index in [9.17, 15) is 0 Å². The van der Waals surface area contributed by atoms with Gasteiger partial charge in [-0.15, -0.1) is 10.2 Å². The molecule has 0 aromatic carbocycles. The van der Waals surface area contributed by atoms with Crippen LogP contribution in [-0.4, -0.2) is 45.3 Å². The fourth-order valence-corrected chi connectivity index (χ4v) is 3.92. The summed E-state index contributed by atoms with van der Waals surface area (Å²) in [4.78, 5) is 2.59. The van der Waals surface area contributed by atoms with E-state index in [0.717, 1.165) is 31.3 Å². The van der Waals surface area contributed by atoms with E-state index in [1.54, 1.807) is 0 Å². The van der Waals surface area contributed by atoms with Gasteiger partial charge in [-0.3, -0.25) is 0 Å². The van der Waals surface area contributed by atoms with Gasteiger partial charge >= 0.3 is 0 Å². The van der Waals surface area contributed by atoms with Crippen LogP contribution in [0.25, 0.3) is 0 Å². The predicted molar refractivity (Wildman–Crippen MR) is 72.8 cm³/mol. The van der Waals surface area contributed by atoms with Crippen molar-refractivity contribution in [3.63, 3.8) is 0 Å². The number of nitrogens with zero attached hydrogens (tertiary/aromatic N) is 4. The summed E-state index contributed by atoms with van der Waals surface area (Å²) in [6.45, 7) is 5.85. The van der Waals surface area contributed by atoms with Crippen molar-refractivity contribution in [2.45, 2.75) is 51.2 Å². The Morgan fingerprint density at radius 2 is 2.00 bits per heavy atom. The van der Waals surface area contributed by atoms with Gasteiger partial charge in [0.05, 0.1) is 6.54 Å². The van der Waals surface area contributed by atoms with E-state index in [1.807, 2.05) is 0 Å². The van der Waals surface area contributed by atoms with Gasteiger partial charge in [0.25, 0.3) is 0 Å². The molecule has 0 spiro atoms. The minimum absolute atomic E-state index is 0.666. The molecule has 1 unspecified atom stereocenters. The maximum Gasteiger partial charge on any atom is 0.147 e. The van der Waals surface area contributed by atoms with Crippen LogP contribution in [-0.2, 0) is 19.5 Å². The smallest absolute Gasteiger partial charge is 0.147 e. The van der Waals surface area contributed by atoms with Gasteiger partial charge in [0.2, 0.25) is 0 Å². The summed E-state index contributed by atoms with van der Waals surface area (Å²) in [7, 11) is 0. The van der Waals surface area contributed by atoms with Crippen molar-refractivity contribution in [3.05, 3.63) is 11.6 Å². The van der Waals surface area contributed by atoms with E-state index in [0.29, 0.717) is 6.04 Å². The Bertz CT molecular complexity index is 447. The molecule has 5 heteroatoms. The maximum absolute atomic E-state index is 4.38. The molecule has 0 saturated carbocycles. The Hall–Kier alpha value is -0.940. The van der Waals surface area contributed by atoms with E-state index in [1.165, 1.54) is 51.1 Å². The molecule has 5 nitrogen and oxygen atoms in total. The average molecular weight is 261 g/mol.